The molecule has 0 spiro atoms. The lowest BCUT2D eigenvalue weighted by Gasteiger charge is -2.71. The summed E-state index contributed by atoms with van der Waals surface area (Å²) in [6, 6.07) is 0. The highest BCUT2D eigenvalue weighted by Crippen LogP contribution is 2.77. The molecule has 5 aliphatic rings. The zero-order chi connectivity index (χ0) is 26.6. The van der Waals surface area contributed by atoms with Crippen LogP contribution >= 0.6 is 0 Å². The third-order valence-electron chi connectivity index (χ3n) is 13.0. The molecule has 0 aromatic rings. The number of carboxylic acid groups (broad SMARTS) is 2. The van der Waals surface area contributed by atoms with E-state index in [2.05, 4.69) is 41.2 Å². The molecule has 5 fully saturated rings. The van der Waals surface area contributed by atoms with Gasteiger partial charge in [0, 0.05) is 5.41 Å². The highest BCUT2D eigenvalue weighted by molar-refractivity contribution is 5.76. The average molecular weight is 503 g/mol. The fourth-order valence-electron chi connectivity index (χ4n) is 11.4. The summed E-state index contributed by atoms with van der Waals surface area (Å²) in [5.74, 6) is -1.23. The quantitative estimate of drug-likeness (QED) is 0.437. The van der Waals surface area contributed by atoms with Crippen molar-refractivity contribution in [3.63, 3.8) is 0 Å². The van der Waals surface area contributed by atoms with Crippen LogP contribution in [-0.2, 0) is 14.3 Å². The van der Waals surface area contributed by atoms with Crippen molar-refractivity contribution in [1.82, 2.24) is 0 Å². The van der Waals surface area contributed by atoms with E-state index in [1.165, 1.54) is 0 Å². The molecule has 0 bridgehead atoms. The summed E-state index contributed by atoms with van der Waals surface area (Å²) in [7, 11) is 0. The van der Waals surface area contributed by atoms with Crippen LogP contribution in [0.15, 0.2) is 12.2 Å². The maximum atomic E-state index is 12.8. The van der Waals surface area contributed by atoms with Crippen molar-refractivity contribution in [3.05, 3.63) is 12.2 Å². The van der Waals surface area contributed by atoms with Gasteiger partial charge in [0.15, 0.2) is 0 Å². The van der Waals surface area contributed by atoms with Crippen LogP contribution in [0.5, 0.6) is 0 Å². The van der Waals surface area contributed by atoms with Gasteiger partial charge in [-0.2, -0.15) is 0 Å². The number of hydrogen-bond acceptors (Lipinski definition) is 4. The SMILES string of the molecule is C=C(C)[C@@H]1CC[C@]2(C(=O)O)CC[C@]3(C)[C@H](C[C@@H](O)[C@@H]4[C@@]5(C)[C@@H](CC(=O)O)OC(C)(C)[C@@H]5CC[C@]43C)[C@@H]12. The molecule has 4 aliphatic carbocycles. The first-order valence-electron chi connectivity index (χ1n) is 14.0. The van der Waals surface area contributed by atoms with Crippen molar-refractivity contribution in [2.24, 2.45) is 51.2 Å². The summed E-state index contributed by atoms with van der Waals surface area (Å²) in [6.07, 6.45) is 4.37. The summed E-state index contributed by atoms with van der Waals surface area (Å²) in [4.78, 5) is 24.7. The Kier molecular flexibility index (Phi) is 5.69. The normalized spacial score (nSPS) is 53.0. The summed E-state index contributed by atoms with van der Waals surface area (Å²) in [5.41, 5.74) is -0.969. The molecule has 4 saturated carbocycles. The lowest BCUT2D eigenvalue weighted by atomic mass is 9.33. The number of hydrogen-bond donors (Lipinski definition) is 3. The van der Waals surface area contributed by atoms with Crippen molar-refractivity contribution in [3.8, 4) is 0 Å². The molecule has 11 atom stereocenters. The first kappa shape index (κ1) is 26.2. The lowest BCUT2D eigenvalue weighted by molar-refractivity contribution is -0.254. The van der Waals surface area contributed by atoms with Crippen LogP contribution in [-0.4, -0.2) is 45.1 Å². The number of aliphatic hydroxyl groups is 1. The molecule has 1 heterocycles. The maximum Gasteiger partial charge on any atom is 0.309 e. The predicted molar refractivity (Wildman–Crippen MR) is 136 cm³/mol. The van der Waals surface area contributed by atoms with Gasteiger partial charge in [-0.1, -0.05) is 32.9 Å². The van der Waals surface area contributed by atoms with Gasteiger partial charge in [-0.15, -0.1) is 0 Å². The number of aliphatic carboxylic acids is 2. The van der Waals surface area contributed by atoms with Crippen molar-refractivity contribution >= 4 is 11.9 Å². The van der Waals surface area contributed by atoms with E-state index in [1.807, 2.05) is 6.92 Å². The molecule has 6 nitrogen and oxygen atoms in total. The van der Waals surface area contributed by atoms with E-state index in [0.717, 1.165) is 31.3 Å². The van der Waals surface area contributed by atoms with Crippen LogP contribution in [0.3, 0.4) is 0 Å². The fraction of sp³-hybridized carbons (Fsp3) is 0.867. The van der Waals surface area contributed by atoms with Crippen molar-refractivity contribution in [1.29, 1.82) is 0 Å². The van der Waals surface area contributed by atoms with Crippen molar-refractivity contribution < 1.29 is 29.6 Å². The Balaban J connectivity index is 1.63. The standard InChI is InChI=1S/C30H46O6/c1-16(2)17-8-11-30(25(34)35)13-12-27(5)18(23(17)30)14-19(31)24-28(27,6)10-9-20-26(3,4)36-21(15-22(32)33)29(20,24)7/h17-21,23-24,31H,1,8-15H2,2-7H3,(H,32,33)(H,34,35)/t17-,18+,19+,20-,21+,23+,24-,27+,28+,29+,30-/m0/s1. The van der Waals surface area contributed by atoms with Gasteiger partial charge in [-0.25, -0.2) is 0 Å². The number of rotatable bonds is 4. The van der Waals surface area contributed by atoms with Gasteiger partial charge in [0.1, 0.15) is 0 Å². The second kappa shape index (κ2) is 7.81. The van der Waals surface area contributed by atoms with Crippen LogP contribution < -0.4 is 0 Å². The molecule has 0 aromatic heterocycles. The Labute approximate surface area is 215 Å². The number of ether oxygens (including phenoxy) is 1. The molecule has 0 radical (unpaired) electrons. The number of carbonyl (C=O) groups is 2. The predicted octanol–water partition coefficient (Wildman–Crippen LogP) is 5.53. The second-order valence-corrected chi connectivity index (χ2v) is 14.5. The molecule has 0 unspecified atom stereocenters. The first-order chi connectivity index (χ1) is 16.6. The van der Waals surface area contributed by atoms with Gasteiger partial charge in [-0.3, -0.25) is 9.59 Å². The van der Waals surface area contributed by atoms with Gasteiger partial charge in [0.25, 0.3) is 0 Å². The molecular weight excluding hydrogens is 456 g/mol. The molecule has 6 heteroatoms. The highest BCUT2D eigenvalue weighted by Gasteiger charge is 2.75. The third kappa shape index (κ3) is 3.03. The maximum absolute atomic E-state index is 12.8. The minimum atomic E-state index is -0.862. The molecule has 0 aromatic carbocycles. The van der Waals surface area contributed by atoms with Gasteiger partial charge >= 0.3 is 11.9 Å². The molecule has 36 heavy (non-hydrogen) atoms. The number of fused-ring (bicyclic) bond motifs is 7. The van der Waals surface area contributed by atoms with Crippen LogP contribution in [0.1, 0.15) is 92.9 Å². The summed E-state index contributed by atoms with van der Waals surface area (Å²) in [6.45, 7) is 17.4. The second-order valence-electron chi connectivity index (χ2n) is 14.5. The molecule has 5 rings (SSSR count). The van der Waals surface area contributed by atoms with E-state index in [4.69, 9.17) is 4.74 Å². The van der Waals surface area contributed by atoms with E-state index in [9.17, 15) is 24.9 Å². The van der Waals surface area contributed by atoms with Gasteiger partial charge in [0.2, 0.25) is 0 Å². The first-order valence-corrected chi connectivity index (χ1v) is 14.0. The van der Waals surface area contributed by atoms with Gasteiger partial charge < -0.3 is 20.1 Å². The number of aliphatic hydroxyl groups excluding tert-OH is 1. The molecule has 1 saturated heterocycles. The zero-order valence-corrected chi connectivity index (χ0v) is 23.0. The largest absolute Gasteiger partial charge is 0.481 e. The zero-order valence-electron chi connectivity index (χ0n) is 23.0. The van der Waals surface area contributed by atoms with Crippen LogP contribution in [0, 0.1) is 51.2 Å². The van der Waals surface area contributed by atoms with Crippen LogP contribution in [0.25, 0.3) is 0 Å². The number of allylic oxidation sites excluding steroid dienone is 1. The Bertz CT molecular complexity index is 988. The molecule has 1 aliphatic heterocycles. The highest BCUT2D eigenvalue weighted by atomic mass is 16.5. The fourth-order valence-corrected chi connectivity index (χ4v) is 11.4. The summed E-state index contributed by atoms with van der Waals surface area (Å²) < 4.78 is 6.51. The third-order valence-corrected chi connectivity index (χ3v) is 13.0. The monoisotopic (exact) mass is 502 g/mol. The Hall–Kier alpha value is -1.40. The Morgan fingerprint density at radius 3 is 2.22 bits per heavy atom. The topological polar surface area (TPSA) is 104 Å². The minimum Gasteiger partial charge on any atom is -0.481 e. The molecule has 202 valence electrons. The van der Waals surface area contributed by atoms with Crippen LogP contribution in [0.4, 0.5) is 0 Å². The molecular formula is C30H46O6. The summed E-state index contributed by atoms with van der Waals surface area (Å²) in [5, 5.41) is 32.3. The van der Waals surface area contributed by atoms with E-state index in [1.54, 1.807) is 0 Å². The van der Waals surface area contributed by atoms with Crippen molar-refractivity contribution in [2.45, 2.75) is 111 Å². The van der Waals surface area contributed by atoms with E-state index in [-0.39, 0.29) is 46.8 Å². The molecule has 3 N–H and O–H groups in total. The average Bonchev–Trinajstić information content (AvgIpc) is 3.23. The lowest BCUT2D eigenvalue weighted by Crippen LogP contribution is -2.69. The smallest absolute Gasteiger partial charge is 0.309 e. The number of carboxylic acids is 2. The molecule has 0 amide bonds. The summed E-state index contributed by atoms with van der Waals surface area (Å²) >= 11 is 0. The Morgan fingerprint density at radius 1 is 0.972 bits per heavy atom. The van der Waals surface area contributed by atoms with E-state index >= 15 is 0 Å². The minimum absolute atomic E-state index is 0.0182. The van der Waals surface area contributed by atoms with Crippen LogP contribution in [0.2, 0.25) is 0 Å². The van der Waals surface area contributed by atoms with E-state index < -0.39 is 40.6 Å². The van der Waals surface area contributed by atoms with E-state index in [0.29, 0.717) is 19.3 Å². The van der Waals surface area contributed by atoms with Gasteiger partial charge in [-0.05, 0) is 106 Å². The van der Waals surface area contributed by atoms with Crippen molar-refractivity contribution in [2.75, 3.05) is 0 Å². The Morgan fingerprint density at radius 2 is 1.64 bits per heavy atom. The van der Waals surface area contributed by atoms with Gasteiger partial charge in [0.05, 0.1) is 29.6 Å².